The Morgan fingerprint density at radius 2 is 1.26 bits per heavy atom. The lowest BCUT2D eigenvalue weighted by Crippen LogP contribution is -2.24. The van der Waals surface area contributed by atoms with Crippen LogP contribution in [0.1, 0.15) is 0 Å². The van der Waals surface area contributed by atoms with E-state index in [1.165, 1.54) is 31.3 Å². The number of rotatable bonds is 3. The molecule has 130 valence electrons. The molecule has 0 spiro atoms. The molecule has 4 aromatic carbocycles. The molecule has 0 atom stereocenters. The van der Waals surface area contributed by atoms with Gasteiger partial charge in [-0.3, -0.25) is 5.01 Å². The maximum absolute atomic E-state index is 6.56. The van der Waals surface area contributed by atoms with Gasteiger partial charge in [-0.05, 0) is 41.5 Å². The molecule has 0 bridgehead atoms. The molecule has 3 heteroatoms. The third-order valence-corrected chi connectivity index (χ3v) is 6.03. The highest BCUT2D eigenvalue weighted by atomic mass is 32.1. The molecule has 5 aromatic rings. The number of hydrogen-bond donors (Lipinski definition) is 1. The van der Waals surface area contributed by atoms with Gasteiger partial charge in [0.1, 0.15) is 0 Å². The van der Waals surface area contributed by atoms with Crippen molar-refractivity contribution >= 4 is 42.9 Å². The van der Waals surface area contributed by atoms with Gasteiger partial charge in [0, 0.05) is 20.2 Å². The summed E-state index contributed by atoms with van der Waals surface area (Å²) in [5.41, 5.74) is 4.39. The predicted molar refractivity (Wildman–Crippen MR) is 118 cm³/mol. The van der Waals surface area contributed by atoms with Crippen LogP contribution in [-0.2, 0) is 0 Å². The molecule has 5 rings (SSSR count). The average molecular weight is 366 g/mol. The van der Waals surface area contributed by atoms with Crippen molar-refractivity contribution in [3.63, 3.8) is 0 Å². The molecule has 27 heavy (non-hydrogen) atoms. The number of hydrogen-bond acceptors (Lipinski definition) is 3. The molecule has 2 N–H and O–H groups in total. The molecule has 0 fully saturated rings. The fraction of sp³-hybridized carbons (Fsp3) is 0. The van der Waals surface area contributed by atoms with E-state index in [0.29, 0.717) is 0 Å². The van der Waals surface area contributed by atoms with E-state index < -0.39 is 0 Å². The lowest BCUT2D eigenvalue weighted by Gasteiger charge is -2.20. The first kappa shape index (κ1) is 16.1. The zero-order valence-electron chi connectivity index (χ0n) is 14.7. The lowest BCUT2D eigenvalue weighted by molar-refractivity contribution is 1.10. The van der Waals surface area contributed by atoms with Crippen LogP contribution in [0.2, 0.25) is 0 Å². The number of nitrogens with two attached hydrogens (primary N) is 1. The third-order valence-electron chi connectivity index (χ3n) is 4.89. The topological polar surface area (TPSA) is 29.3 Å². The summed E-state index contributed by atoms with van der Waals surface area (Å²) in [6.07, 6.45) is 0. The molecule has 0 aliphatic carbocycles. The van der Waals surface area contributed by atoms with Gasteiger partial charge in [0.15, 0.2) is 0 Å². The monoisotopic (exact) mass is 366 g/mol. The van der Waals surface area contributed by atoms with Gasteiger partial charge in [0.25, 0.3) is 0 Å². The molecule has 0 radical (unpaired) electrons. The fourth-order valence-corrected chi connectivity index (χ4v) is 4.67. The highest BCUT2D eigenvalue weighted by molar-refractivity contribution is 7.25. The number of anilines is 2. The Morgan fingerprint density at radius 3 is 2.07 bits per heavy atom. The smallest absolute Gasteiger partial charge is 0.0668 e. The second-order valence-corrected chi connectivity index (χ2v) is 7.62. The van der Waals surface area contributed by atoms with Crippen molar-refractivity contribution in [2.75, 3.05) is 5.01 Å². The van der Waals surface area contributed by atoms with Crippen molar-refractivity contribution in [3.8, 4) is 11.1 Å². The summed E-state index contributed by atoms with van der Waals surface area (Å²) in [6.45, 7) is 0. The number of benzene rings is 4. The van der Waals surface area contributed by atoms with Crippen molar-refractivity contribution in [2.45, 2.75) is 0 Å². The van der Waals surface area contributed by atoms with Crippen molar-refractivity contribution in [2.24, 2.45) is 5.84 Å². The van der Waals surface area contributed by atoms with Crippen LogP contribution in [0, 0.1) is 0 Å². The van der Waals surface area contributed by atoms with Crippen molar-refractivity contribution in [1.82, 2.24) is 0 Å². The Bertz CT molecular complexity index is 1220. The Hall–Kier alpha value is -3.14. The predicted octanol–water partition coefficient (Wildman–Crippen LogP) is 6.73. The van der Waals surface area contributed by atoms with Gasteiger partial charge in [-0.25, -0.2) is 5.84 Å². The maximum atomic E-state index is 6.56. The molecule has 0 amide bonds. The van der Waals surface area contributed by atoms with E-state index in [1.807, 2.05) is 6.07 Å². The molecule has 0 saturated heterocycles. The largest absolute Gasteiger partial charge is 0.279 e. The van der Waals surface area contributed by atoms with Gasteiger partial charge in [-0.15, -0.1) is 11.3 Å². The molecule has 2 nitrogen and oxygen atoms in total. The Labute approximate surface area is 162 Å². The molecule has 1 aromatic heterocycles. The Morgan fingerprint density at radius 1 is 0.593 bits per heavy atom. The summed E-state index contributed by atoms with van der Waals surface area (Å²) in [4.78, 5) is 0. The van der Waals surface area contributed by atoms with Gasteiger partial charge >= 0.3 is 0 Å². The minimum Gasteiger partial charge on any atom is -0.279 e. The van der Waals surface area contributed by atoms with E-state index in [9.17, 15) is 0 Å². The van der Waals surface area contributed by atoms with Crippen LogP contribution in [0.3, 0.4) is 0 Å². The summed E-state index contributed by atoms with van der Waals surface area (Å²) in [6, 6.07) is 33.6. The zero-order valence-corrected chi connectivity index (χ0v) is 15.5. The van der Waals surface area contributed by atoms with E-state index in [4.69, 9.17) is 5.84 Å². The summed E-state index contributed by atoms with van der Waals surface area (Å²) in [7, 11) is 0. The van der Waals surface area contributed by atoms with E-state index in [2.05, 4.69) is 91.0 Å². The molecule has 0 aliphatic rings. The second kappa shape index (κ2) is 6.54. The minimum absolute atomic E-state index is 0.970. The van der Waals surface area contributed by atoms with Crippen LogP contribution in [-0.4, -0.2) is 0 Å². The normalized spacial score (nSPS) is 11.1. The van der Waals surface area contributed by atoms with Crippen molar-refractivity contribution in [1.29, 1.82) is 0 Å². The zero-order chi connectivity index (χ0) is 18.2. The summed E-state index contributed by atoms with van der Waals surface area (Å²) < 4.78 is 2.54. The van der Waals surface area contributed by atoms with Gasteiger partial charge in [-0.2, -0.15) is 0 Å². The van der Waals surface area contributed by atoms with Crippen LogP contribution in [0.4, 0.5) is 11.4 Å². The molecular weight excluding hydrogens is 348 g/mol. The standard InChI is InChI=1S/C24H18N2S/c25-26(19-15-13-18(14-16-19)17-7-2-1-3-8-17)21-10-6-12-23-24(21)20-9-4-5-11-22(20)27-23/h1-16H,25H2. The van der Waals surface area contributed by atoms with Crippen LogP contribution in [0.15, 0.2) is 97.1 Å². The van der Waals surface area contributed by atoms with Crippen LogP contribution in [0.25, 0.3) is 31.3 Å². The first-order chi connectivity index (χ1) is 13.3. The summed E-state index contributed by atoms with van der Waals surface area (Å²) in [5, 5.41) is 4.26. The SMILES string of the molecule is NN(c1ccc(-c2ccccc2)cc1)c1cccc2sc3ccccc3c12. The van der Waals surface area contributed by atoms with Gasteiger partial charge in [-0.1, -0.05) is 66.7 Å². The third kappa shape index (κ3) is 2.78. The molecule has 0 saturated carbocycles. The van der Waals surface area contributed by atoms with Gasteiger partial charge < -0.3 is 0 Å². The Kier molecular flexibility index (Phi) is 3.89. The highest BCUT2D eigenvalue weighted by Crippen LogP contribution is 2.40. The van der Waals surface area contributed by atoms with Gasteiger partial charge in [0.05, 0.1) is 11.4 Å². The highest BCUT2D eigenvalue weighted by Gasteiger charge is 2.13. The Balaban J connectivity index is 1.59. The van der Waals surface area contributed by atoms with Crippen molar-refractivity contribution in [3.05, 3.63) is 97.1 Å². The fourth-order valence-electron chi connectivity index (χ4n) is 3.54. The number of nitrogens with zero attached hydrogens (tertiary/aromatic N) is 1. The second-order valence-electron chi connectivity index (χ2n) is 6.53. The minimum atomic E-state index is 0.970. The molecule has 0 unspecified atom stereocenters. The summed E-state index contributed by atoms with van der Waals surface area (Å²) in [5.74, 6) is 6.56. The quantitative estimate of drug-likeness (QED) is 0.283. The lowest BCUT2D eigenvalue weighted by atomic mass is 10.1. The van der Waals surface area contributed by atoms with E-state index >= 15 is 0 Å². The number of hydrazine groups is 1. The van der Waals surface area contributed by atoms with Crippen molar-refractivity contribution < 1.29 is 0 Å². The molecule has 0 aliphatic heterocycles. The van der Waals surface area contributed by atoms with E-state index in [1.54, 1.807) is 16.3 Å². The number of thiophene rings is 1. The van der Waals surface area contributed by atoms with Crippen LogP contribution in [0.5, 0.6) is 0 Å². The molecular formula is C24H18N2S. The average Bonchev–Trinajstić information content (AvgIpc) is 3.13. The van der Waals surface area contributed by atoms with Crippen LogP contribution >= 0.6 is 11.3 Å². The first-order valence-corrected chi connectivity index (χ1v) is 9.73. The summed E-state index contributed by atoms with van der Waals surface area (Å²) >= 11 is 1.81. The number of fused-ring (bicyclic) bond motifs is 3. The van der Waals surface area contributed by atoms with Gasteiger partial charge in [0.2, 0.25) is 0 Å². The maximum Gasteiger partial charge on any atom is 0.0668 e. The van der Waals surface area contributed by atoms with E-state index in [0.717, 1.165) is 11.4 Å². The first-order valence-electron chi connectivity index (χ1n) is 8.92. The molecule has 1 heterocycles. The van der Waals surface area contributed by atoms with Crippen LogP contribution < -0.4 is 10.9 Å². The van der Waals surface area contributed by atoms with E-state index in [-0.39, 0.29) is 0 Å².